The van der Waals surface area contributed by atoms with E-state index in [1.54, 1.807) is 0 Å². The molecule has 0 unspecified atom stereocenters. The molecule has 1 aliphatic rings. The molecular weight excluding hydrogens is 174 g/mol. The van der Waals surface area contributed by atoms with E-state index in [1.807, 2.05) is 0 Å². The number of carboxylic acids is 2. The first-order valence-electron chi connectivity index (χ1n) is 4.07. The smallest absolute Gasteiger partial charge is 0.414 e. The van der Waals surface area contributed by atoms with Crippen LogP contribution in [0.15, 0.2) is 0 Å². The van der Waals surface area contributed by atoms with Gasteiger partial charge < -0.3 is 15.1 Å². The fourth-order valence-corrected chi connectivity index (χ4v) is 0.903. The molecule has 0 aromatic rings. The number of aliphatic carboxylic acids is 2. The van der Waals surface area contributed by atoms with E-state index < -0.39 is 11.9 Å². The molecule has 0 spiro atoms. The molecule has 0 heterocycles. The maximum absolute atomic E-state index is 9.10. The van der Waals surface area contributed by atoms with Gasteiger partial charge in [0.25, 0.3) is 0 Å². The fourth-order valence-electron chi connectivity index (χ4n) is 0.903. The second-order valence-corrected chi connectivity index (χ2v) is 3.16. The highest BCUT2D eigenvalue weighted by molar-refractivity contribution is 6.27. The molecule has 76 valence electrons. The summed E-state index contributed by atoms with van der Waals surface area (Å²) in [6.07, 6.45) is 4.29. The Hall–Kier alpha value is -1.10. The topological polar surface area (TPSA) is 77.8 Å². The van der Waals surface area contributed by atoms with Crippen LogP contribution >= 0.6 is 0 Å². The summed E-state index contributed by atoms with van der Waals surface area (Å²) < 4.78 is 0. The summed E-state index contributed by atoms with van der Waals surface area (Å²) in [5.41, 5.74) is 0. The van der Waals surface area contributed by atoms with Gasteiger partial charge in [-0.3, -0.25) is 0 Å². The maximum Gasteiger partial charge on any atom is 0.414 e. The molecule has 1 aliphatic carbocycles. The Labute approximate surface area is 77.0 Å². The van der Waals surface area contributed by atoms with Crippen LogP contribution in [-0.4, -0.2) is 47.2 Å². The number of hydrogen-bond acceptors (Lipinski definition) is 3. The lowest BCUT2D eigenvalue weighted by atomic mass is 9.92. The molecule has 1 fully saturated rings. The minimum absolute atomic E-state index is 0.917. The van der Waals surface area contributed by atoms with Crippen LogP contribution in [0.5, 0.6) is 0 Å². The average Bonchev–Trinajstić information content (AvgIpc) is 1.82. The highest BCUT2D eigenvalue weighted by atomic mass is 16.4. The van der Waals surface area contributed by atoms with Crippen LogP contribution in [0, 0.1) is 0 Å². The van der Waals surface area contributed by atoms with Gasteiger partial charge in [0.05, 0.1) is 0 Å². The predicted octanol–water partition coefficient (Wildman–Crippen LogP) is 0.256. The van der Waals surface area contributed by atoms with Crippen molar-refractivity contribution in [3.8, 4) is 0 Å². The summed E-state index contributed by atoms with van der Waals surface area (Å²) in [5.74, 6) is -3.65. The van der Waals surface area contributed by atoms with Crippen molar-refractivity contribution in [3.63, 3.8) is 0 Å². The van der Waals surface area contributed by atoms with Gasteiger partial charge in [0.2, 0.25) is 0 Å². The van der Waals surface area contributed by atoms with Gasteiger partial charge in [0.1, 0.15) is 0 Å². The second-order valence-electron chi connectivity index (χ2n) is 3.16. The van der Waals surface area contributed by atoms with Crippen molar-refractivity contribution in [3.05, 3.63) is 0 Å². The molecule has 2 N–H and O–H groups in total. The zero-order valence-electron chi connectivity index (χ0n) is 7.86. The average molecular weight is 189 g/mol. The molecule has 0 atom stereocenters. The van der Waals surface area contributed by atoms with Crippen LogP contribution in [0.2, 0.25) is 0 Å². The molecule has 0 amide bonds. The quantitative estimate of drug-likeness (QED) is 0.578. The Morgan fingerprint density at radius 2 is 1.54 bits per heavy atom. The molecule has 0 saturated heterocycles. The first-order valence-corrected chi connectivity index (χ1v) is 4.07. The fraction of sp³-hybridized carbons (Fsp3) is 0.750. The highest BCUT2D eigenvalue weighted by Gasteiger charge is 2.18. The largest absolute Gasteiger partial charge is 0.473 e. The number of rotatable bonds is 1. The van der Waals surface area contributed by atoms with E-state index in [1.165, 1.54) is 19.3 Å². The zero-order chi connectivity index (χ0) is 10.4. The van der Waals surface area contributed by atoms with Gasteiger partial charge in [-0.2, -0.15) is 0 Å². The van der Waals surface area contributed by atoms with Crippen molar-refractivity contribution >= 4 is 11.9 Å². The summed E-state index contributed by atoms with van der Waals surface area (Å²) in [4.78, 5) is 20.5. The molecule has 0 radical (unpaired) electrons. The van der Waals surface area contributed by atoms with E-state index in [2.05, 4.69) is 19.0 Å². The number of hydrogen-bond donors (Lipinski definition) is 2. The maximum atomic E-state index is 9.10. The normalized spacial score (nSPS) is 15.6. The standard InChI is InChI=1S/C6H13N.C2H2O4/c1-7(2)6-4-3-5-6;3-1(4)2(5)6/h6H,3-5H2,1-2H3;(H,3,4)(H,5,6). The van der Waals surface area contributed by atoms with Gasteiger partial charge in [-0.05, 0) is 26.9 Å². The van der Waals surface area contributed by atoms with Crippen molar-refractivity contribution in [1.29, 1.82) is 0 Å². The van der Waals surface area contributed by atoms with Crippen molar-refractivity contribution in [2.24, 2.45) is 0 Å². The van der Waals surface area contributed by atoms with E-state index in [4.69, 9.17) is 19.8 Å². The van der Waals surface area contributed by atoms with Crippen molar-refractivity contribution in [2.45, 2.75) is 25.3 Å². The molecule has 13 heavy (non-hydrogen) atoms. The van der Waals surface area contributed by atoms with Crippen LogP contribution in [0.4, 0.5) is 0 Å². The number of carbonyl (C=O) groups is 2. The molecule has 0 aliphatic heterocycles. The Morgan fingerprint density at radius 3 is 1.54 bits per heavy atom. The van der Waals surface area contributed by atoms with Gasteiger partial charge >= 0.3 is 11.9 Å². The minimum Gasteiger partial charge on any atom is -0.473 e. The van der Waals surface area contributed by atoms with E-state index in [9.17, 15) is 0 Å². The summed E-state index contributed by atoms with van der Waals surface area (Å²) in [7, 11) is 4.31. The molecule has 0 aromatic heterocycles. The van der Waals surface area contributed by atoms with Crippen LogP contribution in [0.3, 0.4) is 0 Å². The van der Waals surface area contributed by atoms with Crippen molar-refractivity contribution in [2.75, 3.05) is 14.1 Å². The van der Waals surface area contributed by atoms with Crippen molar-refractivity contribution in [1.82, 2.24) is 4.90 Å². The Morgan fingerprint density at radius 1 is 1.15 bits per heavy atom. The monoisotopic (exact) mass is 189 g/mol. The van der Waals surface area contributed by atoms with E-state index in [0.29, 0.717) is 0 Å². The molecular formula is C8H15NO4. The molecule has 5 heteroatoms. The SMILES string of the molecule is CN(C)C1CCC1.O=C(O)C(=O)O. The van der Waals surface area contributed by atoms with Crippen molar-refractivity contribution < 1.29 is 19.8 Å². The Bertz CT molecular complexity index is 175. The van der Waals surface area contributed by atoms with Crippen LogP contribution in [0.25, 0.3) is 0 Å². The van der Waals surface area contributed by atoms with Crippen LogP contribution in [0.1, 0.15) is 19.3 Å². The zero-order valence-corrected chi connectivity index (χ0v) is 7.86. The lowest BCUT2D eigenvalue weighted by molar-refractivity contribution is -0.159. The summed E-state index contributed by atoms with van der Waals surface area (Å²) >= 11 is 0. The second kappa shape index (κ2) is 5.53. The highest BCUT2D eigenvalue weighted by Crippen LogP contribution is 2.21. The summed E-state index contributed by atoms with van der Waals surface area (Å²) in [6.45, 7) is 0. The van der Waals surface area contributed by atoms with E-state index in [-0.39, 0.29) is 0 Å². The Kier molecular flexibility index (Phi) is 5.06. The van der Waals surface area contributed by atoms with Crippen LogP contribution in [-0.2, 0) is 9.59 Å². The van der Waals surface area contributed by atoms with Gasteiger partial charge in [0.15, 0.2) is 0 Å². The van der Waals surface area contributed by atoms with E-state index >= 15 is 0 Å². The van der Waals surface area contributed by atoms with Gasteiger partial charge in [0, 0.05) is 6.04 Å². The van der Waals surface area contributed by atoms with E-state index in [0.717, 1.165) is 6.04 Å². The molecule has 1 rings (SSSR count). The molecule has 0 aromatic carbocycles. The Balaban J connectivity index is 0.000000226. The van der Waals surface area contributed by atoms with Crippen LogP contribution < -0.4 is 0 Å². The molecule has 0 bridgehead atoms. The third-order valence-corrected chi connectivity index (χ3v) is 1.99. The van der Waals surface area contributed by atoms with Gasteiger partial charge in [-0.15, -0.1) is 0 Å². The molecule has 5 nitrogen and oxygen atoms in total. The van der Waals surface area contributed by atoms with Gasteiger partial charge in [-0.25, -0.2) is 9.59 Å². The summed E-state index contributed by atoms with van der Waals surface area (Å²) in [5, 5.41) is 14.8. The molecule has 1 saturated carbocycles. The minimum atomic E-state index is -1.82. The lowest BCUT2D eigenvalue weighted by Gasteiger charge is -2.31. The predicted molar refractivity (Wildman–Crippen MR) is 46.6 cm³/mol. The first-order chi connectivity index (χ1) is 5.95. The number of nitrogens with zero attached hydrogens (tertiary/aromatic N) is 1. The summed E-state index contributed by atoms with van der Waals surface area (Å²) in [6, 6.07) is 0.917. The number of carboxylic acid groups (broad SMARTS) is 2. The lowest BCUT2D eigenvalue weighted by Crippen LogP contribution is -2.33. The van der Waals surface area contributed by atoms with Gasteiger partial charge in [-0.1, -0.05) is 6.42 Å². The first kappa shape index (κ1) is 11.9. The third kappa shape index (κ3) is 5.19. The third-order valence-electron chi connectivity index (χ3n) is 1.99.